The third-order valence-electron chi connectivity index (χ3n) is 5.68. The van der Waals surface area contributed by atoms with Gasteiger partial charge in [-0.1, -0.05) is 26.7 Å². The minimum absolute atomic E-state index is 0.192. The van der Waals surface area contributed by atoms with Crippen LogP contribution in [0.1, 0.15) is 58.8 Å². The summed E-state index contributed by atoms with van der Waals surface area (Å²) in [7, 11) is 1.85. The van der Waals surface area contributed by atoms with E-state index >= 15 is 0 Å². The van der Waals surface area contributed by atoms with Crippen LogP contribution in [0.5, 0.6) is 0 Å². The van der Waals surface area contributed by atoms with E-state index in [1.54, 1.807) is 0 Å². The Labute approximate surface area is 141 Å². The van der Waals surface area contributed by atoms with Crippen LogP contribution in [0, 0.1) is 17.3 Å². The van der Waals surface area contributed by atoms with Crippen molar-refractivity contribution in [2.24, 2.45) is 28.0 Å². The first kappa shape index (κ1) is 18.1. The fourth-order valence-electron chi connectivity index (χ4n) is 4.20. The van der Waals surface area contributed by atoms with Crippen LogP contribution in [0.15, 0.2) is 4.99 Å². The molecule has 0 bridgehead atoms. The number of amides is 1. The van der Waals surface area contributed by atoms with Crippen LogP contribution in [-0.2, 0) is 4.79 Å². The number of hydrogen-bond acceptors (Lipinski definition) is 2. The summed E-state index contributed by atoms with van der Waals surface area (Å²) in [4.78, 5) is 17.9. The van der Waals surface area contributed by atoms with Gasteiger partial charge < -0.3 is 16.0 Å². The Balaban J connectivity index is 1.88. The summed E-state index contributed by atoms with van der Waals surface area (Å²) in [6.07, 6.45) is 8.15. The van der Waals surface area contributed by atoms with Crippen LogP contribution in [0.3, 0.4) is 0 Å². The number of nitrogens with one attached hydrogen (secondary N) is 1. The summed E-state index contributed by atoms with van der Waals surface area (Å²) in [5.41, 5.74) is 5.66. The molecule has 3 N–H and O–H groups in total. The molecule has 1 saturated heterocycles. The number of aliphatic imine (C=N–C) groups is 1. The second kappa shape index (κ2) is 8.02. The van der Waals surface area contributed by atoms with E-state index in [-0.39, 0.29) is 5.91 Å². The Morgan fingerprint density at radius 1 is 1.26 bits per heavy atom. The lowest BCUT2D eigenvalue weighted by Gasteiger charge is -2.37. The van der Waals surface area contributed by atoms with E-state index in [2.05, 4.69) is 29.1 Å². The summed E-state index contributed by atoms with van der Waals surface area (Å²) in [5, 5.41) is 3.59. The maximum atomic E-state index is 11.2. The fraction of sp³-hybridized carbons (Fsp3) is 0.889. The fourth-order valence-corrected chi connectivity index (χ4v) is 4.20. The van der Waals surface area contributed by atoms with Gasteiger partial charge in [0.2, 0.25) is 5.91 Å². The number of rotatable bonds is 5. The van der Waals surface area contributed by atoms with Crippen molar-refractivity contribution in [1.29, 1.82) is 0 Å². The predicted octanol–water partition coefficient (Wildman–Crippen LogP) is 2.37. The van der Waals surface area contributed by atoms with E-state index in [4.69, 9.17) is 5.73 Å². The minimum Gasteiger partial charge on any atom is -0.370 e. The number of piperidine rings is 1. The molecule has 5 heteroatoms. The molecular formula is C18H34N4O. The summed E-state index contributed by atoms with van der Waals surface area (Å²) in [6, 6.07) is 0. The molecule has 2 fully saturated rings. The SMILES string of the molecule is CN=C(NCC(C)(C)C1CCCC1)N1CCCC(CC(N)=O)C1. The first-order valence-electron chi connectivity index (χ1n) is 9.16. The summed E-state index contributed by atoms with van der Waals surface area (Å²) in [6.45, 7) is 7.59. The van der Waals surface area contributed by atoms with Gasteiger partial charge in [-0.15, -0.1) is 0 Å². The number of nitrogens with two attached hydrogens (primary N) is 1. The third-order valence-corrected chi connectivity index (χ3v) is 5.68. The first-order valence-corrected chi connectivity index (χ1v) is 9.16. The van der Waals surface area contributed by atoms with E-state index in [9.17, 15) is 4.79 Å². The molecule has 0 radical (unpaired) electrons. The Morgan fingerprint density at radius 3 is 2.57 bits per heavy atom. The number of primary amides is 1. The molecule has 1 unspecified atom stereocenters. The molecule has 0 spiro atoms. The Morgan fingerprint density at radius 2 is 1.96 bits per heavy atom. The van der Waals surface area contributed by atoms with E-state index in [0.717, 1.165) is 44.4 Å². The van der Waals surface area contributed by atoms with E-state index in [1.165, 1.54) is 25.7 Å². The van der Waals surface area contributed by atoms with Crippen molar-refractivity contribution in [2.75, 3.05) is 26.7 Å². The van der Waals surface area contributed by atoms with Crippen LogP contribution in [0.2, 0.25) is 0 Å². The van der Waals surface area contributed by atoms with E-state index in [0.29, 0.717) is 17.8 Å². The molecule has 1 atom stereocenters. The highest BCUT2D eigenvalue weighted by molar-refractivity contribution is 5.80. The van der Waals surface area contributed by atoms with Crippen molar-refractivity contribution in [2.45, 2.75) is 58.8 Å². The van der Waals surface area contributed by atoms with Gasteiger partial charge in [-0.2, -0.15) is 0 Å². The average molecular weight is 322 g/mol. The zero-order chi connectivity index (χ0) is 16.9. The zero-order valence-electron chi connectivity index (χ0n) is 15.1. The lowest BCUT2D eigenvalue weighted by Crippen LogP contribution is -2.49. The molecule has 2 aliphatic rings. The molecule has 1 aliphatic carbocycles. The second-order valence-electron chi connectivity index (χ2n) is 8.00. The molecule has 0 aromatic rings. The summed E-state index contributed by atoms with van der Waals surface area (Å²) < 4.78 is 0. The molecule has 1 heterocycles. The number of likely N-dealkylation sites (tertiary alicyclic amines) is 1. The Bertz CT molecular complexity index is 427. The Kier molecular flexibility index (Phi) is 6.31. The number of carbonyl (C=O) groups is 1. The van der Waals surface area contributed by atoms with Gasteiger partial charge in [-0.25, -0.2) is 0 Å². The predicted molar refractivity (Wildman–Crippen MR) is 95.2 cm³/mol. The highest BCUT2D eigenvalue weighted by atomic mass is 16.1. The van der Waals surface area contributed by atoms with Crippen molar-refractivity contribution >= 4 is 11.9 Å². The minimum atomic E-state index is -0.192. The monoisotopic (exact) mass is 322 g/mol. The molecule has 1 amide bonds. The van der Waals surface area contributed by atoms with Gasteiger partial charge in [0.05, 0.1) is 0 Å². The van der Waals surface area contributed by atoms with E-state index < -0.39 is 0 Å². The molecule has 132 valence electrons. The zero-order valence-corrected chi connectivity index (χ0v) is 15.1. The van der Waals surface area contributed by atoms with E-state index in [1.807, 2.05) is 7.05 Å². The first-order chi connectivity index (χ1) is 10.9. The standard InChI is InChI=1S/C18H34N4O/c1-18(2,15-8-4-5-9-15)13-21-17(20-3)22-10-6-7-14(12-22)11-16(19)23/h14-15H,4-13H2,1-3H3,(H2,19,23)(H,20,21). The molecule has 1 saturated carbocycles. The molecule has 2 rings (SSSR count). The van der Waals surface area contributed by atoms with Crippen molar-refractivity contribution in [3.63, 3.8) is 0 Å². The number of carbonyl (C=O) groups excluding carboxylic acids is 1. The molecule has 0 aromatic carbocycles. The van der Waals surface area contributed by atoms with Crippen LogP contribution in [0.25, 0.3) is 0 Å². The van der Waals surface area contributed by atoms with Crippen molar-refractivity contribution in [3.05, 3.63) is 0 Å². The van der Waals surface area contributed by atoms with Crippen LogP contribution in [0.4, 0.5) is 0 Å². The molecule has 5 nitrogen and oxygen atoms in total. The lowest BCUT2D eigenvalue weighted by atomic mass is 9.78. The molecule has 1 aliphatic heterocycles. The van der Waals surface area contributed by atoms with Gasteiger partial charge in [0.15, 0.2) is 5.96 Å². The van der Waals surface area contributed by atoms with Crippen molar-refractivity contribution < 1.29 is 4.79 Å². The molecular weight excluding hydrogens is 288 g/mol. The van der Waals surface area contributed by atoms with Crippen molar-refractivity contribution in [3.8, 4) is 0 Å². The number of hydrogen-bond donors (Lipinski definition) is 2. The van der Waals surface area contributed by atoms with Gasteiger partial charge >= 0.3 is 0 Å². The summed E-state index contributed by atoms with van der Waals surface area (Å²) in [5.74, 6) is 1.96. The van der Waals surface area contributed by atoms with Gasteiger partial charge in [0.1, 0.15) is 0 Å². The van der Waals surface area contributed by atoms with Gasteiger partial charge in [-0.05, 0) is 42.9 Å². The lowest BCUT2D eigenvalue weighted by molar-refractivity contribution is -0.119. The van der Waals surface area contributed by atoms with Crippen LogP contribution in [-0.4, -0.2) is 43.4 Å². The average Bonchev–Trinajstić information content (AvgIpc) is 3.02. The van der Waals surface area contributed by atoms with Crippen molar-refractivity contribution in [1.82, 2.24) is 10.2 Å². The largest absolute Gasteiger partial charge is 0.370 e. The topological polar surface area (TPSA) is 70.7 Å². The smallest absolute Gasteiger partial charge is 0.217 e. The third kappa shape index (κ3) is 5.11. The van der Waals surface area contributed by atoms with Crippen LogP contribution >= 0.6 is 0 Å². The second-order valence-corrected chi connectivity index (χ2v) is 8.00. The summed E-state index contributed by atoms with van der Waals surface area (Å²) >= 11 is 0. The number of nitrogens with zero attached hydrogens (tertiary/aromatic N) is 2. The quantitative estimate of drug-likeness (QED) is 0.603. The number of guanidine groups is 1. The maximum absolute atomic E-state index is 11.2. The highest BCUT2D eigenvalue weighted by Crippen LogP contribution is 2.39. The van der Waals surface area contributed by atoms with Gasteiger partial charge in [0, 0.05) is 33.1 Å². The maximum Gasteiger partial charge on any atom is 0.217 e. The van der Waals surface area contributed by atoms with Crippen LogP contribution < -0.4 is 11.1 Å². The van der Waals surface area contributed by atoms with Gasteiger partial charge in [0.25, 0.3) is 0 Å². The normalized spacial score (nSPS) is 24.0. The molecule has 0 aromatic heterocycles. The highest BCUT2D eigenvalue weighted by Gasteiger charge is 2.32. The van der Waals surface area contributed by atoms with Gasteiger partial charge in [-0.3, -0.25) is 9.79 Å². The Hall–Kier alpha value is -1.26. The molecule has 23 heavy (non-hydrogen) atoms.